The van der Waals surface area contributed by atoms with Gasteiger partial charge in [-0.25, -0.2) is 0 Å². The number of aromatic nitrogens is 1. The van der Waals surface area contributed by atoms with Crippen LogP contribution in [0.15, 0.2) is 48.8 Å². The highest BCUT2D eigenvalue weighted by molar-refractivity contribution is 5.45. The van der Waals surface area contributed by atoms with Gasteiger partial charge in [-0.2, -0.15) is 0 Å². The molecule has 0 radical (unpaired) electrons. The molecule has 0 aliphatic carbocycles. The van der Waals surface area contributed by atoms with Crippen molar-refractivity contribution in [1.29, 1.82) is 0 Å². The van der Waals surface area contributed by atoms with Crippen LogP contribution in [0.3, 0.4) is 0 Å². The first-order valence-corrected chi connectivity index (χ1v) is 6.48. The van der Waals surface area contributed by atoms with Crippen molar-refractivity contribution < 1.29 is 0 Å². The van der Waals surface area contributed by atoms with Crippen LogP contribution in [0.2, 0.25) is 0 Å². The first kappa shape index (κ1) is 12.6. The lowest BCUT2D eigenvalue weighted by molar-refractivity contribution is 0.866. The minimum absolute atomic E-state index is 0.593. The molecule has 1 heterocycles. The molecule has 2 rings (SSSR count). The monoisotopic (exact) mass is 240 g/mol. The van der Waals surface area contributed by atoms with E-state index in [1.807, 2.05) is 12.4 Å². The fraction of sp³-hybridized carbons (Fsp3) is 0.312. The SMILES string of the molecule is CC(C)c1ccc(NCCc2ccncc2)cc1. The number of rotatable bonds is 5. The number of anilines is 1. The van der Waals surface area contributed by atoms with Crippen LogP contribution in [0, 0.1) is 0 Å². The summed E-state index contributed by atoms with van der Waals surface area (Å²) in [6.07, 6.45) is 4.70. The molecule has 0 bridgehead atoms. The molecule has 0 aliphatic rings. The van der Waals surface area contributed by atoms with E-state index in [0.717, 1.165) is 13.0 Å². The molecule has 0 saturated heterocycles. The van der Waals surface area contributed by atoms with Crippen LogP contribution in [0.5, 0.6) is 0 Å². The Balaban J connectivity index is 1.83. The number of nitrogens with zero attached hydrogens (tertiary/aromatic N) is 1. The molecule has 0 saturated carbocycles. The summed E-state index contributed by atoms with van der Waals surface area (Å²) in [5, 5.41) is 3.44. The van der Waals surface area contributed by atoms with Crippen molar-refractivity contribution in [2.75, 3.05) is 11.9 Å². The quantitative estimate of drug-likeness (QED) is 0.858. The second-order valence-electron chi connectivity index (χ2n) is 4.81. The van der Waals surface area contributed by atoms with E-state index in [9.17, 15) is 0 Å². The third-order valence-electron chi connectivity index (χ3n) is 3.07. The van der Waals surface area contributed by atoms with Gasteiger partial charge in [-0.05, 0) is 47.7 Å². The number of nitrogens with one attached hydrogen (secondary N) is 1. The number of hydrogen-bond donors (Lipinski definition) is 1. The molecular weight excluding hydrogens is 220 g/mol. The lowest BCUT2D eigenvalue weighted by atomic mass is 10.0. The molecule has 0 spiro atoms. The largest absolute Gasteiger partial charge is 0.385 e. The first-order chi connectivity index (χ1) is 8.75. The van der Waals surface area contributed by atoms with Gasteiger partial charge in [0.25, 0.3) is 0 Å². The molecule has 0 amide bonds. The van der Waals surface area contributed by atoms with Crippen molar-refractivity contribution in [3.63, 3.8) is 0 Å². The Kier molecular flexibility index (Phi) is 4.35. The summed E-state index contributed by atoms with van der Waals surface area (Å²) in [5.74, 6) is 0.593. The molecular formula is C16H20N2. The molecule has 2 aromatic rings. The average Bonchev–Trinajstić information content (AvgIpc) is 2.40. The Labute approximate surface area is 109 Å². The van der Waals surface area contributed by atoms with Crippen molar-refractivity contribution in [2.24, 2.45) is 0 Å². The van der Waals surface area contributed by atoms with E-state index in [-0.39, 0.29) is 0 Å². The van der Waals surface area contributed by atoms with Crippen LogP contribution in [-0.2, 0) is 6.42 Å². The molecule has 1 aromatic heterocycles. The topological polar surface area (TPSA) is 24.9 Å². The van der Waals surface area contributed by atoms with Crippen molar-refractivity contribution in [3.8, 4) is 0 Å². The van der Waals surface area contributed by atoms with Gasteiger partial charge in [-0.3, -0.25) is 4.98 Å². The third kappa shape index (κ3) is 3.59. The maximum Gasteiger partial charge on any atom is 0.0340 e. The van der Waals surface area contributed by atoms with Crippen molar-refractivity contribution in [2.45, 2.75) is 26.2 Å². The van der Waals surface area contributed by atoms with Gasteiger partial charge in [-0.1, -0.05) is 26.0 Å². The summed E-state index contributed by atoms with van der Waals surface area (Å²) in [4.78, 5) is 4.02. The Hall–Kier alpha value is -1.83. The predicted molar refractivity (Wildman–Crippen MR) is 77.0 cm³/mol. The maximum atomic E-state index is 4.02. The number of benzene rings is 1. The van der Waals surface area contributed by atoms with Crippen LogP contribution in [0.25, 0.3) is 0 Å². The van der Waals surface area contributed by atoms with Gasteiger partial charge >= 0.3 is 0 Å². The highest BCUT2D eigenvalue weighted by atomic mass is 14.9. The second kappa shape index (κ2) is 6.20. The zero-order chi connectivity index (χ0) is 12.8. The molecule has 2 nitrogen and oxygen atoms in total. The fourth-order valence-corrected chi connectivity index (χ4v) is 1.89. The normalized spacial score (nSPS) is 10.6. The van der Waals surface area contributed by atoms with Gasteiger partial charge < -0.3 is 5.32 Å². The molecule has 94 valence electrons. The minimum Gasteiger partial charge on any atom is -0.385 e. The Morgan fingerprint density at radius 2 is 1.67 bits per heavy atom. The molecule has 18 heavy (non-hydrogen) atoms. The van der Waals surface area contributed by atoms with Crippen molar-refractivity contribution in [3.05, 3.63) is 59.9 Å². The van der Waals surface area contributed by atoms with Crippen LogP contribution in [0.4, 0.5) is 5.69 Å². The molecule has 0 fully saturated rings. The fourth-order valence-electron chi connectivity index (χ4n) is 1.89. The summed E-state index contributed by atoms with van der Waals surface area (Å²) in [7, 11) is 0. The van der Waals surface area contributed by atoms with E-state index >= 15 is 0 Å². The van der Waals surface area contributed by atoms with Crippen molar-refractivity contribution >= 4 is 5.69 Å². The van der Waals surface area contributed by atoms with Crippen LogP contribution >= 0.6 is 0 Å². The number of hydrogen-bond acceptors (Lipinski definition) is 2. The minimum atomic E-state index is 0.593. The molecule has 0 aliphatic heterocycles. The van der Waals surface area contributed by atoms with Crippen LogP contribution < -0.4 is 5.32 Å². The molecule has 2 heteroatoms. The van der Waals surface area contributed by atoms with E-state index in [1.165, 1.54) is 16.8 Å². The summed E-state index contributed by atoms with van der Waals surface area (Å²) >= 11 is 0. The van der Waals surface area contributed by atoms with Gasteiger partial charge in [0.1, 0.15) is 0 Å². The zero-order valence-corrected chi connectivity index (χ0v) is 11.1. The van der Waals surface area contributed by atoms with Crippen molar-refractivity contribution in [1.82, 2.24) is 4.98 Å². The number of pyridine rings is 1. The van der Waals surface area contributed by atoms with Gasteiger partial charge in [0, 0.05) is 24.6 Å². The molecule has 1 aromatic carbocycles. The lowest BCUT2D eigenvalue weighted by Crippen LogP contribution is -2.04. The van der Waals surface area contributed by atoms with E-state index in [2.05, 4.69) is 60.5 Å². The maximum absolute atomic E-state index is 4.02. The standard InChI is InChI=1S/C16H20N2/c1-13(2)15-3-5-16(6-4-15)18-12-9-14-7-10-17-11-8-14/h3-8,10-11,13,18H,9,12H2,1-2H3. The van der Waals surface area contributed by atoms with E-state index in [0.29, 0.717) is 5.92 Å². The van der Waals surface area contributed by atoms with Gasteiger partial charge in [0.15, 0.2) is 0 Å². The molecule has 0 unspecified atom stereocenters. The summed E-state index contributed by atoms with van der Waals surface area (Å²) in [6, 6.07) is 12.8. The molecule has 1 N–H and O–H groups in total. The average molecular weight is 240 g/mol. The van der Waals surface area contributed by atoms with Crippen LogP contribution in [-0.4, -0.2) is 11.5 Å². The Morgan fingerprint density at radius 1 is 1.00 bits per heavy atom. The Bertz CT molecular complexity index is 460. The van der Waals surface area contributed by atoms with Gasteiger partial charge in [0.05, 0.1) is 0 Å². The predicted octanol–water partition coefficient (Wildman–Crippen LogP) is 3.86. The van der Waals surface area contributed by atoms with E-state index in [1.54, 1.807) is 0 Å². The first-order valence-electron chi connectivity index (χ1n) is 6.48. The Morgan fingerprint density at radius 3 is 2.28 bits per heavy atom. The van der Waals surface area contributed by atoms with Crippen LogP contribution in [0.1, 0.15) is 30.9 Å². The third-order valence-corrected chi connectivity index (χ3v) is 3.07. The highest BCUT2D eigenvalue weighted by Gasteiger charge is 1.98. The van der Waals surface area contributed by atoms with E-state index in [4.69, 9.17) is 0 Å². The summed E-state index contributed by atoms with van der Waals surface area (Å²) < 4.78 is 0. The highest BCUT2D eigenvalue weighted by Crippen LogP contribution is 2.17. The second-order valence-corrected chi connectivity index (χ2v) is 4.81. The zero-order valence-electron chi connectivity index (χ0n) is 11.1. The van der Waals surface area contributed by atoms with Gasteiger partial charge in [0.2, 0.25) is 0 Å². The smallest absolute Gasteiger partial charge is 0.0340 e. The lowest BCUT2D eigenvalue weighted by Gasteiger charge is -2.09. The van der Waals surface area contributed by atoms with E-state index < -0.39 is 0 Å². The molecule has 0 atom stereocenters. The summed E-state index contributed by atoms with van der Waals surface area (Å²) in [6.45, 7) is 5.38. The van der Waals surface area contributed by atoms with Gasteiger partial charge in [-0.15, -0.1) is 0 Å². The summed E-state index contributed by atoms with van der Waals surface area (Å²) in [5.41, 5.74) is 3.89.